The summed E-state index contributed by atoms with van der Waals surface area (Å²) in [5, 5.41) is 0. The summed E-state index contributed by atoms with van der Waals surface area (Å²) < 4.78 is 10.7. The fourth-order valence-electron chi connectivity index (χ4n) is 2.71. The second-order valence-electron chi connectivity index (χ2n) is 6.04. The molecule has 0 bridgehead atoms. The normalized spacial score (nSPS) is 12.8. The molecule has 2 N–H and O–H groups in total. The van der Waals surface area contributed by atoms with Gasteiger partial charge in [-0.2, -0.15) is 0 Å². The van der Waals surface area contributed by atoms with E-state index in [0.29, 0.717) is 6.42 Å². The third-order valence-electron chi connectivity index (χ3n) is 4.23. The summed E-state index contributed by atoms with van der Waals surface area (Å²) in [6.45, 7) is 2.20. The van der Waals surface area contributed by atoms with Crippen molar-refractivity contribution in [1.29, 1.82) is 0 Å². The summed E-state index contributed by atoms with van der Waals surface area (Å²) in [6.07, 6.45) is 0.454. The lowest BCUT2D eigenvalue weighted by molar-refractivity contribution is -0.162. The predicted molar refractivity (Wildman–Crippen MR) is 98.8 cm³/mol. The second-order valence-corrected chi connectivity index (χ2v) is 6.04. The Bertz CT molecular complexity index is 626. The maximum absolute atomic E-state index is 12.4. The van der Waals surface area contributed by atoms with Crippen LogP contribution in [0.1, 0.15) is 24.5 Å². The summed E-state index contributed by atoms with van der Waals surface area (Å²) in [6, 6.07) is 18.8. The predicted octanol–water partition coefficient (Wildman–Crippen LogP) is 3.07. The molecule has 0 radical (unpaired) electrons. The summed E-state index contributed by atoms with van der Waals surface area (Å²) in [7, 11) is 0. The molecule has 0 saturated carbocycles. The molecule has 0 spiro atoms. The Morgan fingerprint density at radius 2 is 1.23 bits per heavy atom. The highest BCUT2D eigenvalue weighted by Crippen LogP contribution is 2.20. The number of nitrogens with two attached hydrogens (primary N) is 1. The molecule has 0 aromatic heterocycles. The van der Waals surface area contributed by atoms with Gasteiger partial charge < -0.3 is 15.2 Å². The van der Waals surface area contributed by atoms with E-state index in [4.69, 9.17) is 15.2 Å². The van der Waals surface area contributed by atoms with Crippen molar-refractivity contribution in [2.75, 3.05) is 6.54 Å². The van der Waals surface area contributed by atoms with Crippen LogP contribution in [0.4, 0.5) is 0 Å². The van der Waals surface area contributed by atoms with Crippen molar-refractivity contribution in [2.24, 2.45) is 17.6 Å². The number of carbonyl (C=O) groups excluding carboxylic acids is 2. The van der Waals surface area contributed by atoms with E-state index in [1.54, 1.807) is 0 Å². The van der Waals surface area contributed by atoms with Crippen LogP contribution in [0.15, 0.2) is 60.7 Å². The van der Waals surface area contributed by atoms with Crippen molar-refractivity contribution >= 4 is 11.9 Å². The molecular formula is C21H25NO4. The maximum atomic E-state index is 12.4. The Kier molecular flexibility index (Phi) is 7.83. The Hall–Kier alpha value is -2.66. The van der Waals surface area contributed by atoms with Crippen LogP contribution < -0.4 is 5.73 Å². The minimum absolute atomic E-state index is 0.0343. The van der Waals surface area contributed by atoms with Crippen LogP contribution in [0.25, 0.3) is 0 Å². The Balaban J connectivity index is 1.93. The molecule has 0 aliphatic rings. The monoisotopic (exact) mass is 355 g/mol. The summed E-state index contributed by atoms with van der Waals surface area (Å²) >= 11 is 0. The van der Waals surface area contributed by atoms with Gasteiger partial charge in [-0.3, -0.25) is 9.59 Å². The van der Waals surface area contributed by atoms with E-state index in [1.165, 1.54) is 0 Å². The maximum Gasteiger partial charge on any atom is 0.311 e. The molecule has 2 aromatic rings. The number of rotatable bonds is 9. The van der Waals surface area contributed by atoms with Crippen molar-refractivity contribution in [2.45, 2.75) is 26.6 Å². The first-order valence-corrected chi connectivity index (χ1v) is 8.76. The molecule has 5 heteroatoms. The van der Waals surface area contributed by atoms with Crippen molar-refractivity contribution in [3.05, 3.63) is 71.8 Å². The number of esters is 2. The lowest BCUT2D eigenvalue weighted by Gasteiger charge is -2.22. The van der Waals surface area contributed by atoms with Gasteiger partial charge in [0.25, 0.3) is 0 Å². The number of ether oxygens (including phenoxy) is 2. The fraction of sp³-hybridized carbons (Fsp3) is 0.333. The minimum atomic E-state index is -0.716. The SMILES string of the molecule is CCC(C(=O)OCc1ccccc1)C(CN)C(=O)OCc1ccccc1. The van der Waals surface area contributed by atoms with Crippen LogP contribution in [0, 0.1) is 11.8 Å². The first kappa shape index (κ1) is 19.7. The topological polar surface area (TPSA) is 78.6 Å². The molecule has 2 atom stereocenters. The van der Waals surface area contributed by atoms with Gasteiger partial charge in [0.15, 0.2) is 0 Å². The van der Waals surface area contributed by atoms with Gasteiger partial charge in [-0.1, -0.05) is 67.6 Å². The molecule has 26 heavy (non-hydrogen) atoms. The number of benzene rings is 2. The van der Waals surface area contributed by atoms with Gasteiger partial charge in [0, 0.05) is 6.54 Å². The van der Waals surface area contributed by atoms with E-state index >= 15 is 0 Å². The van der Waals surface area contributed by atoms with Gasteiger partial charge in [-0.25, -0.2) is 0 Å². The van der Waals surface area contributed by atoms with Crippen molar-refractivity contribution in [1.82, 2.24) is 0 Å². The molecule has 2 unspecified atom stereocenters. The van der Waals surface area contributed by atoms with Gasteiger partial charge in [0.05, 0.1) is 11.8 Å². The molecule has 0 aliphatic heterocycles. The standard InChI is InChI=1S/C21H25NO4/c1-2-18(20(23)25-14-16-9-5-3-6-10-16)19(13-22)21(24)26-15-17-11-7-4-8-12-17/h3-12,18-19H,2,13-15,22H2,1H3. The average Bonchev–Trinajstić information content (AvgIpc) is 2.69. The Labute approximate surface area is 154 Å². The quantitative estimate of drug-likeness (QED) is 0.699. The molecule has 0 amide bonds. The lowest BCUT2D eigenvalue weighted by Crippen LogP contribution is -2.37. The summed E-state index contributed by atoms with van der Waals surface area (Å²) in [4.78, 5) is 24.9. The molecule has 0 aliphatic carbocycles. The highest BCUT2D eigenvalue weighted by Gasteiger charge is 2.33. The van der Waals surface area contributed by atoms with Crippen LogP contribution in [0.5, 0.6) is 0 Å². The zero-order valence-corrected chi connectivity index (χ0v) is 15.0. The number of hydrogen-bond donors (Lipinski definition) is 1. The van der Waals surface area contributed by atoms with Crippen LogP contribution in [0.3, 0.4) is 0 Å². The zero-order chi connectivity index (χ0) is 18.8. The largest absolute Gasteiger partial charge is 0.461 e. The van der Waals surface area contributed by atoms with E-state index in [0.717, 1.165) is 11.1 Å². The van der Waals surface area contributed by atoms with E-state index in [2.05, 4.69) is 0 Å². The fourth-order valence-corrected chi connectivity index (χ4v) is 2.71. The van der Waals surface area contributed by atoms with Gasteiger partial charge in [0.2, 0.25) is 0 Å². The minimum Gasteiger partial charge on any atom is -0.461 e. The van der Waals surface area contributed by atoms with Crippen molar-refractivity contribution < 1.29 is 19.1 Å². The van der Waals surface area contributed by atoms with Gasteiger partial charge in [0.1, 0.15) is 13.2 Å². The zero-order valence-electron chi connectivity index (χ0n) is 15.0. The Morgan fingerprint density at radius 1 is 0.808 bits per heavy atom. The smallest absolute Gasteiger partial charge is 0.311 e. The van der Waals surface area contributed by atoms with E-state index in [9.17, 15) is 9.59 Å². The highest BCUT2D eigenvalue weighted by atomic mass is 16.5. The van der Waals surface area contributed by atoms with Crippen LogP contribution in [-0.2, 0) is 32.3 Å². The Morgan fingerprint density at radius 3 is 1.62 bits per heavy atom. The lowest BCUT2D eigenvalue weighted by atomic mass is 9.90. The van der Waals surface area contributed by atoms with Gasteiger partial charge in [-0.05, 0) is 17.5 Å². The van der Waals surface area contributed by atoms with Crippen molar-refractivity contribution in [3.8, 4) is 0 Å². The van der Waals surface area contributed by atoms with E-state index in [1.807, 2.05) is 67.6 Å². The highest BCUT2D eigenvalue weighted by molar-refractivity contribution is 5.82. The first-order chi connectivity index (χ1) is 12.7. The second kappa shape index (κ2) is 10.4. The molecule has 0 saturated heterocycles. The summed E-state index contributed by atoms with van der Waals surface area (Å²) in [5.41, 5.74) is 7.54. The number of carbonyl (C=O) groups is 2. The molecule has 0 fully saturated rings. The van der Waals surface area contributed by atoms with Gasteiger partial charge in [-0.15, -0.1) is 0 Å². The van der Waals surface area contributed by atoms with Crippen LogP contribution in [0.2, 0.25) is 0 Å². The van der Waals surface area contributed by atoms with Crippen molar-refractivity contribution in [3.63, 3.8) is 0 Å². The third-order valence-corrected chi connectivity index (χ3v) is 4.23. The molecule has 2 rings (SSSR count). The van der Waals surface area contributed by atoms with Crippen LogP contribution in [-0.4, -0.2) is 18.5 Å². The van der Waals surface area contributed by atoms with Gasteiger partial charge >= 0.3 is 11.9 Å². The summed E-state index contributed by atoms with van der Waals surface area (Å²) in [5.74, 6) is -2.23. The molecular weight excluding hydrogens is 330 g/mol. The third kappa shape index (κ3) is 5.70. The first-order valence-electron chi connectivity index (χ1n) is 8.76. The van der Waals surface area contributed by atoms with E-state index < -0.39 is 23.8 Å². The molecule has 138 valence electrons. The molecule has 0 heterocycles. The molecule has 5 nitrogen and oxygen atoms in total. The number of hydrogen-bond acceptors (Lipinski definition) is 5. The average molecular weight is 355 g/mol. The van der Waals surface area contributed by atoms with E-state index in [-0.39, 0.29) is 19.8 Å². The molecule has 2 aromatic carbocycles. The van der Waals surface area contributed by atoms with Crippen LogP contribution >= 0.6 is 0 Å².